The van der Waals surface area contributed by atoms with E-state index in [0.717, 1.165) is 24.1 Å². The maximum absolute atomic E-state index is 12.9. The average Bonchev–Trinajstić information content (AvgIpc) is 3.07. The lowest BCUT2D eigenvalue weighted by Crippen LogP contribution is -2.55. The number of carbonyl (C=O) groups excluding carboxylic acids is 2. The van der Waals surface area contributed by atoms with Gasteiger partial charge in [0, 0.05) is 18.3 Å². The largest absolute Gasteiger partial charge is 0.374 e. The van der Waals surface area contributed by atoms with Crippen molar-refractivity contribution < 1.29 is 14.3 Å². The molecule has 1 aliphatic carbocycles. The highest BCUT2D eigenvalue weighted by molar-refractivity contribution is 7.10. The van der Waals surface area contributed by atoms with Gasteiger partial charge in [-0.25, -0.2) is 0 Å². The zero-order valence-electron chi connectivity index (χ0n) is 13.5. The van der Waals surface area contributed by atoms with Crippen LogP contribution in [0.4, 0.5) is 0 Å². The maximum atomic E-state index is 12.9. The number of nitrogens with zero attached hydrogens (tertiary/aromatic N) is 1. The molecule has 0 unspecified atom stereocenters. The van der Waals surface area contributed by atoms with E-state index < -0.39 is 0 Å². The number of fused-ring (bicyclic) bond motifs is 1. The second-order valence-corrected chi connectivity index (χ2v) is 7.30. The number of hydrogen-bond acceptors (Lipinski definition) is 4. The molecule has 2 aliphatic rings. The molecule has 6 heteroatoms. The van der Waals surface area contributed by atoms with E-state index in [1.165, 1.54) is 13.3 Å². The van der Waals surface area contributed by atoms with Crippen molar-refractivity contribution in [2.75, 3.05) is 13.2 Å². The highest BCUT2D eigenvalue weighted by atomic mass is 32.1. The summed E-state index contributed by atoms with van der Waals surface area (Å²) in [6.45, 7) is 2.78. The minimum absolute atomic E-state index is 0.103. The lowest BCUT2D eigenvalue weighted by atomic mass is 9.89. The van der Waals surface area contributed by atoms with Gasteiger partial charge in [-0.3, -0.25) is 9.59 Å². The van der Waals surface area contributed by atoms with E-state index in [-0.39, 0.29) is 30.0 Å². The first kappa shape index (κ1) is 16.5. The number of nitrogens with one attached hydrogen (secondary N) is 1. The van der Waals surface area contributed by atoms with Crippen molar-refractivity contribution in [1.82, 2.24) is 10.2 Å². The van der Waals surface area contributed by atoms with Crippen LogP contribution in [0, 0.1) is 0 Å². The van der Waals surface area contributed by atoms with Crippen LogP contribution in [0.3, 0.4) is 0 Å². The Kier molecular flexibility index (Phi) is 5.33. The minimum Gasteiger partial charge on any atom is -0.374 e. The van der Waals surface area contributed by atoms with E-state index in [4.69, 9.17) is 4.74 Å². The van der Waals surface area contributed by atoms with Gasteiger partial charge in [0.15, 0.2) is 0 Å². The van der Waals surface area contributed by atoms with E-state index >= 15 is 0 Å². The lowest BCUT2D eigenvalue weighted by molar-refractivity contribution is -0.150. The summed E-state index contributed by atoms with van der Waals surface area (Å²) in [4.78, 5) is 27.4. The Labute approximate surface area is 141 Å². The van der Waals surface area contributed by atoms with Gasteiger partial charge < -0.3 is 15.0 Å². The molecule has 5 nitrogen and oxygen atoms in total. The van der Waals surface area contributed by atoms with Crippen molar-refractivity contribution in [2.45, 2.75) is 57.2 Å². The van der Waals surface area contributed by atoms with E-state index in [9.17, 15) is 9.59 Å². The molecule has 1 aromatic heterocycles. The molecule has 2 amide bonds. The van der Waals surface area contributed by atoms with Crippen molar-refractivity contribution >= 4 is 23.2 Å². The van der Waals surface area contributed by atoms with Crippen molar-refractivity contribution in [3.8, 4) is 0 Å². The van der Waals surface area contributed by atoms with Gasteiger partial charge >= 0.3 is 0 Å². The third-order valence-corrected chi connectivity index (χ3v) is 5.68. The molecule has 0 aromatic carbocycles. The van der Waals surface area contributed by atoms with Gasteiger partial charge in [0.05, 0.1) is 31.2 Å². The first-order valence-electron chi connectivity index (χ1n) is 8.36. The van der Waals surface area contributed by atoms with Crippen molar-refractivity contribution in [2.24, 2.45) is 0 Å². The minimum atomic E-state index is -0.232. The molecule has 126 valence electrons. The van der Waals surface area contributed by atoms with Gasteiger partial charge in [-0.2, -0.15) is 0 Å². The molecule has 1 N–H and O–H groups in total. The third kappa shape index (κ3) is 3.93. The number of thiophene rings is 1. The van der Waals surface area contributed by atoms with Crippen LogP contribution in [0.25, 0.3) is 0 Å². The maximum Gasteiger partial charge on any atom is 0.225 e. The van der Waals surface area contributed by atoms with Crippen molar-refractivity contribution in [3.63, 3.8) is 0 Å². The predicted molar refractivity (Wildman–Crippen MR) is 89.2 cm³/mol. The van der Waals surface area contributed by atoms with Gasteiger partial charge in [0.1, 0.15) is 0 Å². The van der Waals surface area contributed by atoms with Gasteiger partial charge in [-0.05, 0) is 24.3 Å². The monoisotopic (exact) mass is 336 g/mol. The van der Waals surface area contributed by atoms with Gasteiger partial charge in [0.25, 0.3) is 0 Å². The van der Waals surface area contributed by atoms with Crippen molar-refractivity contribution in [3.05, 3.63) is 22.4 Å². The number of ether oxygens (including phenoxy) is 1. The number of hydrogen-bond donors (Lipinski definition) is 1. The quantitative estimate of drug-likeness (QED) is 0.919. The molecule has 0 bridgehead atoms. The smallest absolute Gasteiger partial charge is 0.225 e. The molecule has 3 atom stereocenters. The molecule has 3 rings (SSSR count). The van der Waals surface area contributed by atoms with E-state index in [0.29, 0.717) is 19.6 Å². The number of rotatable bonds is 4. The molecule has 1 aromatic rings. The number of amides is 2. The first-order valence-corrected chi connectivity index (χ1v) is 9.24. The summed E-state index contributed by atoms with van der Waals surface area (Å²) in [5.74, 6) is 0.0195. The predicted octanol–water partition coefficient (Wildman–Crippen LogP) is 2.49. The molecular weight excluding hydrogens is 312 g/mol. The van der Waals surface area contributed by atoms with Crippen LogP contribution in [0.2, 0.25) is 0 Å². The van der Waals surface area contributed by atoms with Crippen LogP contribution in [0.5, 0.6) is 0 Å². The zero-order chi connectivity index (χ0) is 16.2. The summed E-state index contributed by atoms with van der Waals surface area (Å²) < 4.78 is 5.84. The molecule has 23 heavy (non-hydrogen) atoms. The summed E-state index contributed by atoms with van der Waals surface area (Å²) in [7, 11) is 0. The lowest BCUT2D eigenvalue weighted by Gasteiger charge is -2.44. The third-order valence-electron chi connectivity index (χ3n) is 4.70. The molecule has 1 aliphatic heterocycles. The number of carbonyl (C=O) groups is 2. The Bertz CT molecular complexity index is 544. The fourth-order valence-electron chi connectivity index (χ4n) is 3.66. The Morgan fingerprint density at radius 2 is 2.26 bits per heavy atom. The molecule has 1 saturated carbocycles. The second-order valence-electron chi connectivity index (χ2n) is 6.32. The molecular formula is C17H24N2O3S. The summed E-state index contributed by atoms with van der Waals surface area (Å²) >= 11 is 1.57. The highest BCUT2D eigenvalue weighted by Crippen LogP contribution is 2.30. The zero-order valence-corrected chi connectivity index (χ0v) is 14.3. The Balaban J connectivity index is 1.69. The van der Waals surface area contributed by atoms with Crippen LogP contribution in [-0.4, -0.2) is 42.0 Å². The van der Waals surface area contributed by atoms with Crippen LogP contribution in [0.1, 0.15) is 49.9 Å². The molecule has 2 heterocycles. The fourth-order valence-corrected chi connectivity index (χ4v) is 4.43. The van der Waals surface area contributed by atoms with Gasteiger partial charge in [0.2, 0.25) is 11.8 Å². The highest BCUT2D eigenvalue weighted by Gasteiger charge is 2.37. The van der Waals surface area contributed by atoms with E-state index in [1.807, 2.05) is 22.4 Å². The standard InChI is InChI=1S/C17H24N2O3S/c1-12(20)18-13(16-7-4-10-23-16)11-17(21)19-8-9-22-15-6-3-2-5-14(15)19/h4,7,10,13-15H,2-3,5-6,8-9,11H2,1H3,(H,18,20)/t13-,14+,15+/m1/s1. The Morgan fingerprint density at radius 3 is 3.00 bits per heavy atom. The molecule has 2 fully saturated rings. The average molecular weight is 336 g/mol. The van der Waals surface area contributed by atoms with Crippen molar-refractivity contribution in [1.29, 1.82) is 0 Å². The summed E-state index contributed by atoms with van der Waals surface area (Å²) in [6.07, 6.45) is 4.95. The van der Waals surface area contributed by atoms with E-state index in [1.54, 1.807) is 11.3 Å². The summed E-state index contributed by atoms with van der Waals surface area (Å²) in [6, 6.07) is 3.91. The summed E-state index contributed by atoms with van der Waals surface area (Å²) in [5, 5.41) is 4.89. The fraction of sp³-hybridized carbons (Fsp3) is 0.647. The molecule has 1 saturated heterocycles. The van der Waals surface area contributed by atoms with Gasteiger partial charge in [-0.15, -0.1) is 11.3 Å². The van der Waals surface area contributed by atoms with Crippen LogP contribution < -0.4 is 5.32 Å². The Hall–Kier alpha value is -1.40. The van der Waals surface area contributed by atoms with Gasteiger partial charge in [-0.1, -0.05) is 18.9 Å². The Morgan fingerprint density at radius 1 is 1.43 bits per heavy atom. The first-order chi connectivity index (χ1) is 11.1. The van der Waals surface area contributed by atoms with Crippen LogP contribution in [-0.2, 0) is 14.3 Å². The van der Waals surface area contributed by atoms with Crippen LogP contribution in [0.15, 0.2) is 17.5 Å². The second kappa shape index (κ2) is 7.45. The molecule has 0 spiro atoms. The topological polar surface area (TPSA) is 58.6 Å². The SMILES string of the molecule is CC(=O)N[C@H](CC(=O)N1CCO[C@H]2CCCC[C@@H]21)c1cccs1. The van der Waals surface area contributed by atoms with E-state index in [2.05, 4.69) is 5.32 Å². The normalized spacial score (nSPS) is 25.5. The number of morpholine rings is 1. The van der Waals surface area contributed by atoms with Crippen LogP contribution >= 0.6 is 11.3 Å². The molecule has 0 radical (unpaired) electrons. The summed E-state index contributed by atoms with van der Waals surface area (Å²) in [5.41, 5.74) is 0.